The van der Waals surface area contributed by atoms with E-state index in [0.29, 0.717) is 30.0 Å². The fourth-order valence-corrected chi connectivity index (χ4v) is 6.93. The third-order valence-electron chi connectivity index (χ3n) is 8.19. The number of rotatable bonds is 0. The van der Waals surface area contributed by atoms with E-state index in [-0.39, 0.29) is 29.0 Å². The van der Waals surface area contributed by atoms with Gasteiger partial charge in [-0.2, -0.15) is 0 Å². The lowest BCUT2D eigenvalue weighted by Crippen LogP contribution is -2.56. The van der Waals surface area contributed by atoms with E-state index in [0.717, 1.165) is 44.9 Å². The predicted molar refractivity (Wildman–Crippen MR) is 84.1 cm³/mol. The first-order chi connectivity index (χ1) is 10.3. The average molecular weight is 306 g/mol. The molecule has 0 radical (unpaired) electrons. The third kappa shape index (κ3) is 1.97. The van der Waals surface area contributed by atoms with E-state index in [9.17, 15) is 15.0 Å². The molecule has 4 aliphatic carbocycles. The topological polar surface area (TPSA) is 57.5 Å². The average Bonchev–Trinajstić information content (AvgIpc) is 2.75. The lowest BCUT2D eigenvalue weighted by molar-refractivity contribution is -0.158. The van der Waals surface area contributed by atoms with Gasteiger partial charge in [-0.05, 0) is 73.5 Å². The summed E-state index contributed by atoms with van der Waals surface area (Å²) in [7, 11) is 0. The van der Waals surface area contributed by atoms with Crippen molar-refractivity contribution in [1.82, 2.24) is 0 Å². The summed E-state index contributed by atoms with van der Waals surface area (Å²) >= 11 is 0. The summed E-state index contributed by atoms with van der Waals surface area (Å²) in [5, 5.41) is 20.2. The molecule has 22 heavy (non-hydrogen) atoms. The highest BCUT2D eigenvalue weighted by Gasteiger charge is 2.61. The van der Waals surface area contributed by atoms with Crippen LogP contribution in [0, 0.1) is 34.5 Å². The number of ketones is 1. The number of fused-ring (bicyclic) bond motifs is 5. The van der Waals surface area contributed by atoms with Gasteiger partial charge in [0.25, 0.3) is 0 Å². The molecule has 3 nitrogen and oxygen atoms in total. The predicted octanol–water partition coefficient (Wildman–Crippen LogP) is 2.93. The van der Waals surface area contributed by atoms with Gasteiger partial charge in [0.1, 0.15) is 5.78 Å². The zero-order valence-corrected chi connectivity index (χ0v) is 13.9. The van der Waals surface area contributed by atoms with Crippen molar-refractivity contribution in [3.8, 4) is 0 Å². The molecule has 4 saturated carbocycles. The van der Waals surface area contributed by atoms with Gasteiger partial charge >= 0.3 is 0 Å². The second kappa shape index (κ2) is 4.80. The summed E-state index contributed by atoms with van der Waals surface area (Å²) in [6.07, 6.45) is 7.04. The highest BCUT2D eigenvalue weighted by atomic mass is 16.3. The molecule has 4 aliphatic rings. The highest BCUT2D eigenvalue weighted by molar-refractivity contribution is 5.83. The van der Waals surface area contributed by atoms with Crippen LogP contribution in [-0.2, 0) is 4.79 Å². The summed E-state index contributed by atoms with van der Waals surface area (Å²) < 4.78 is 0. The second-order valence-corrected chi connectivity index (χ2v) is 9.33. The molecule has 0 aromatic carbocycles. The first-order valence-corrected chi connectivity index (χ1v) is 9.22. The Morgan fingerprint density at radius 3 is 2.55 bits per heavy atom. The van der Waals surface area contributed by atoms with Gasteiger partial charge in [-0.1, -0.05) is 13.8 Å². The molecule has 0 amide bonds. The Morgan fingerprint density at radius 1 is 1.00 bits per heavy atom. The Hall–Kier alpha value is -0.410. The van der Waals surface area contributed by atoms with Crippen LogP contribution in [0.3, 0.4) is 0 Å². The zero-order chi connectivity index (χ0) is 15.7. The molecule has 0 aromatic heterocycles. The normalized spacial score (nSPS) is 57.9. The minimum Gasteiger partial charge on any atom is -0.393 e. The van der Waals surface area contributed by atoms with E-state index in [2.05, 4.69) is 13.8 Å². The van der Waals surface area contributed by atoms with E-state index in [4.69, 9.17) is 0 Å². The van der Waals surface area contributed by atoms with Gasteiger partial charge in [0.05, 0.1) is 12.2 Å². The summed E-state index contributed by atoms with van der Waals surface area (Å²) in [5.74, 6) is 1.85. The van der Waals surface area contributed by atoms with Crippen LogP contribution >= 0.6 is 0 Å². The van der Waals surface area contributed by atoms with Gasteiger partial charge < -0.3 is 10.2 Å². The molecule has 8 atom stereocenters. The standard InChI is InChI=1S/C19H30O3/c1-18-5-4-14-17(15(18)9-13(21)10-18)16(22)8-11-7-12(20)3-6-19(11,14)2/h11-15,17,20-21H,3-10H2,1-2H3/t11-,12-,13-,14-,15+,17+,18-,19-/m1/s1. The first-order valence-electron chi connectivity index (χ1n) is 9.22. The van der Waals surface area contributed by atoms with E-state index in [1.54, 1.807) is 0 Å². The van der Waals surface area contributed by atoms with Gasteiger partial charge in [0.2, 0.25) is 0 Å². The number of aliphatic hydroxyl groups excluding tert-OH is 2. The molecule has 0 spiro atoms. The monoisotopic (exact) mass is 306 g/mol. The highest BCUT2D eigenvalue weighted by Crippen LogP contribution is 2.65. The Kier molecular flexibility index (Phi) is 3.30. The number of hydrogen-bond acceptors (Lipinski definition) is 3. The minimum absolute atomic E-state index is 0.174. The van der Waals surface area contributed by atoms with Crippen LogP contribution in [-0.4, -0.2) is 28.2 Å². The van der Waals surface area contributed by atoms with Crippen LogP contribution < -0.4 is 0 Å². The largest absolute Gasteiger partial charge is 0.393 e. The van der Waals surface area contributed by atoms with Gasteiger partial charge in [-0.3, -0.25) is 4.79 Å². The summed E-state index contributed by atoms with van der Waals surface area (Å²) in [6, 6.07) is 0. The Labute approximate surface area is 133 Å². The maximum absolute atomic E-state index is 13.0. The van der Waals surface area contributed by atoms with E-state index in [1.165, 1.54) is 0 Å². The molecule has 0 saturated heterocycles. The zero-order valence-electron chi connectivity index (χ0n) is 13.9. The summed E-state index contributed by atoms with van der Waals surface area (Å²) in [5.41, 5.74) is 0.403. The van der Waals surface area contributed by atoms with Crippen molar-refractivity contribution in [3.05, 3.63) is 0 Å². The SMILES string of the molecule is C[C@]12CC[C@@H]3[C@H](C(=O)C[C@H]4C[C@H](O)CC[C@]43C)[C@@H]1C[C@@H](O)C2. The van der Waals surface area contributed by atoms with Gasteiger partial charge in [-0.25, -0.2) is 0 Å². The molecule has 0 aliphatic heterocycles. The van der Waals surface area contributed by atoms with Gasteiger partial charge in [0, 0.05) is 12.3 Å². The fourth-order valence-electron chi connectivity index (χ4n) is 6.93. The Bertz CT molecular complexity index is 489. The molecule has 0 heterocycles. The van der Waals surface area contributed by atoms with E-state index in [1.807, 2.05) is 0 Å². The second-order valence-electron chi connectivity index (χ2n) is 9.33. The van der Waals surface area contributed by atoms with Crippen LogP contribution in [0.15, 0.2) is 0 Å². The summed E-state index contributed by atoms with van der Waals surface area (Å²) in [4.78, 5) is 13.0. The van der Waals surface area contributed by atoms with Crippen molar-refractivity contribution in [2.45, 2.75) is 77.4 Å². The van der Waals surface area contributed by atoms with Crippen molar-refractivity contribution in [2.75, 3.05) is 0 Å². The molecule has 0 bridgehead atoms. The Morgan fingerprint density at radius 2 is 1.77 bits per heavy atom. The first kappa shape index (κ1) is 15.1. The van der Waals surface area contributed by atoms with Crippen molar-refractivity contribution < 1.29 is 15.0 Å². The van der Waals surface area contributed by atoms with Crippen LogP contribution in [0.5, 0.6) is 0 Å². The lowest BCUT2D eigenvalue weighted by Gasteiger charge is -2.59. The van der Waals surface area contributed by atoms with Crippen LogP contribution in [0.4, 0.5) is 0 Å². The van der Waals surface area contributed by atoms with Gasteiger partial charge in [0.15, 0.2) is 0 Å². The van der Waals surface area contributed by atoms with Crippen LogP contribution in [0.1, 0.15) is 65.2 Å². The molecular formula is C19H30O3. The summed E-state index contributed by atoms with van der Waals surface area (Å²) in [6.45, 7) is 4.69. The molecule has 124 valence electrons. The molecule has 2 N–H and O–H groups in total. The van der Waals surface area contributed by atoms with Crippen LogP contribution in [0.2, 0.25) is 0 Å². The minimum atomic E-state index is -0.208. The molecule has 0 unspecified atom stereocenters. The molecule has 0 aromatic rings. The molecular weight excluding hydrogens is 276 g/mol. The fraction of sp³-hybridized carbons (Fsp3) is 0.947. The molecule has 3 heteroatoms. The third-order valence-corrected chi connectivity index (χ3v) is 8.19. The van der Waals surface area contributed by atoms with Gasteiger partial charge in [-0.15, -0.1) is 0 Å². The number of carbonyl (C=O) groups excluding carboxylic acids is 1. The van der Waals surface area contributed by atoms with E-state index < -0.39 is 0 Å². The quantitative estimate of drug-likeness (QED) is 0.723. The smallest absolute Gasteiger partial charge is 0.136 e. The Balaban J connectivity index is 1.68. The number of Topliss-reactive ketones (excluding diaryl/α,β-unsaturated/α-hetero) is 1. The number of carbonyl (C=O) groups is 1. The number of hydrogen-bond donors (Lipinski definition) is 2. The van der Waals surface area contributed by atoms with Crippen molar-refractivity contribution in [2.24, 2.45) is 34.5 Å². The number of aliphatic hydroxyl groups is 2. The van der Waals surface area contributed by atoms with Crippen molar-refractivity contribution in [1.29, 1.82) is 0 Å². The van der Waals surface area contributed by atoms with Crippen molar-refractivity contribution >= 4 is 5.78 Å². The lowest BCUT2D eigenvalue weighted by atomic mass is 9.45. The van der Waals surface area contributed by atoms with Crippen LogP contribution in [0.25, 0.3) is 0 Å². The molecule has 4 fully saturated rings. The van der Waals surface area contributed by atoms with E-state index >= 15 is 0 Å². The van der Waals surface area contributed by atoms with Crippen molar-refractivity contribution in [3.63, 3.8) is 0 Å². The maximum Gasteiger partial charge on any atom is 0.136 e. The molecule has 4 rings (SSSR count). The maximum atomic E-state index is 13.0.